The van der Waals surface area contributed by atoms with E-state index < -0.39 is 11.8 Å². The number of aromatic carboxylic acids is 1. The molecule has 1 aromatic heterocycles. The monoisotopic (exact) mass is 443 g/mol. The number of carboxylic acid groups (broad SMARTS) is 1. The number of nitrogens with zero attached hydrogens (tertiary/aromatic N) is 1. The predicted molar refractivity (Wildman–Crippen MR) is 115 cm³/mol. The van der Waals surface area contributed by atoms with E-state index in [4.69, 9.17) is 27.9 Å². The summed E-state index contributed by atoms with van der Waals surface area (Å²) in [7, 11) is 0. The van der Waals surface area contributed by atoms with Crippen LogP contribution in [0, 0.1) is 5.82 Å². The summed E-state index contributed by atoms with van der Waals surface area (Å²) in [5.41, 5.74) is 2.20. The van der Waals surface area contributed by atoms with E-state index in [0.717, 1.165) is 11.1 Å². The van der Waals surface area contributed by atoms with Crippen LogP contribution >= 0.6 is 23.2 Å². The van der Waals surface area contributed by atoms with Crippen molar-refractivity contribution in [2.24, 2.45) is 0 Å². The number of benzene rings is 3. The second kappa shape index (κ2) is 8.38. The van der Waals surface area contributed by atoms with Crippen LogP contribution < -0.4 is 4.74 Å². The van der Waals surface area contributed by atoms with Crippen molar-refractivity contribution in [1.82, 2.24) is 4.57 Å². The van der Waals surface area contributed by atoms with Crippen LogP contribution in [0.25, 0.3) is 10.9 Å². The number of halogens is 3. The van der Waals surface area contributed by atoms with E-state index in [-0.39, 0.29) is 12.2 Å². The smallest absolute Gasteiger partial charge is 0.336 e. The van der Waals surface area contributed by atoms with Gasteiger partial charge in [-0.05, 0) is 48.5 Å². The summed E-state index contributed by atoms with van der Waals surface area (Å²) in [5, 5.41) is 10.9. The molecule has 1 heterocycles. The molecule has 3 aromatic carbocycles. The first-order valence-corrected chi connectivity index (χ1v) is 9.84. The van der Waals surface area contributed by atoms with Gasteiger partial charge >= 0.3 is 5.97 Å². The molecule has 7 heteroatoms. The summed E-state index contributed by atoms with van der Waals surface area (Å²) in [5.74, 6) is -0.851. The third-order valence-corrected chi connectivity index (χ3v) is 5.28. The van der Waals surface area contributed by atoms with E-state index in [9.17, 15) is 14.3 Å². The van der Waals surface area contributed by atoms with Gasteiger partial charge in [-0.25, -0.2) is 9.18 Å². The summed E-state index contributed by atoms with van der Waals surface area (Å²) in [6, 6.07) is 16.6. The molecule has 4 rings (SSSR count). The minimum atomic E-state index is -0.977. The van der Waals surface area contributed by atoms with E-state index in [1.807, 2.05) is 16.8 Å². The van der Waals surface area contributed by atoms with Crippen LogP contribution in [0.2, 0.25) is 10.0 Å². The number of carbonyl (C=O) groups is 1. The van der Waals surface area contributed by atoms with E-state index in [1.165, 1.54) is 6.07 Å². The molecule has 0 fully saturated rings. The highest BCUT2D eigenvalue weighted by atomic mass is 35.5. The van der Waals surface area contributed by atoms with E-state index in [1.54, 1.807) is 48.5 Å². The first kappa shape index (κ1) is 20.3. The zero-order valence-electron chi connectivity index (χ0n) is 15.6. The van der Waals surface area contributed by atoms with Crippen molar-refractivity contribution in [3.63, 3.8) is 0 Å². The molecule has 0 saturated carbocycles. The van der Waals surface area contributed by atoms with Gasteiger partial charge in [0.2, 0.25) is 0 Å². The van der Waals surface area contributed by atoms with Crippen LogP contribution in [0.3, 0.4) is 0 Å². The van der Waals surface area contributed by atoms with Crippen molar-refractivity contribution in [1.29, 1.82) is 0 Å². The Morgan fingerprint density at radius 1 is 1.00 bits per heavy atom. The minimum Gasteiger partial charge on any atom is -0.488 e. The Hall–Kier alpha value is -3.02. The Bertz CT molecular complexity index is 1250. The lowest BCUT2D eigenvalue weighted by Crippen LogP contribution is -2.04. The Labute approximate surface area is 182 Å². The third-order valence-electron chi connectivity index (χ3n) is 4.81. The van der Waals surface area contributed by atoms with Crippen molar-refractivity contribution in [2.45, 2.75) is 13.2 Å². The van der Waals surface area contributed by atoms with E-state index >= 15 is 0 Å². The lowest BCUT2D eigenvalue weighted by Gasteiger charge is -2.14. The summed E-state index contributed by atoms with van der Waals surface area (Å²) in [6.45, 7) is 0.443. The Balaban J connectivity index is 1.64. The lowest BCUT2D eigenvalue weighted by molar-refractivity contribution is 0.0699. The largest absolute Gasteiger partial charge is 0.488 e. The highest BCUT2D eigenvalue weighted by Gasteiger charge is 2.13. The van der Waals surface area contributed by atoms with Crippen molar-refractivity contribution in [2.75, 3.05) is 0 Å². The average molecular weight is 444 g/mol. The SMILES string of the molecule is O=C(O)c1cccc2c1ccn2Cc1cc(Cl)ccc1OCc1ccc(Cl)cc1F. The second-order valence-corrected chi connectivity index (χ2v) is 7.64. The van der Waals surface area contributed by atoms with Crippen LogP contribution in [0.5, 0.6) is 5.75 Å². The fourth-order valence-corrected chi connectivity index (χ4v) is 3.69. The summed E-state index contributed by atoms with van der Waals surface area (Å²) >= 11 is 12.0. The van der Waals surface area contributed by atoms with E-state index in [2.05, 4.69) is 0 Å². The van der Waals surface area contributed by atoms with Crippen molar-refractivity contribution in [3.8, 4) is 5.75 Å². The first-order valence-electron chi connectivity index (χ1n) is 9.08. The summed E-state index contributed by atoms with van der Waals surface area (Å²) < 4.78 is 21.9. The summed E-state index contributed by atoms with van der Waals surface area (Å²) in [6.07, 6.45) is 1.82. The molecule has 0 bridgehead atoms. The molecule has 0 spiro atoms. The molecule has 30 heavy (non-hydrogen) atoms. The molecular weight excluding hydrogens is 428 g/mol. The average Bonchev–Trinajstić information content (AvgIpc) is 3.11. The van der Waals surface area contributed by atoms with Gasteiger partial charge in [0.1, 0.15) is 18.2 Å². The zero-order valence-corrected chi connectivity index (χ0v) is 17.1. The van der Waals surface area contributed by atoms with Gasteiger partial charge in [0.25, 0.3) is 0 Å². The van der Waals surface area contributed by atoms with Crippen molar-refractivity contribution < 1.29 is 19.0 Å². The molecule has 152 valence electrons. The van der Waals surface area contributed by atoms with Gasteiger partial charge in [0, 0.05) is 38.3 Å². The molecule has 1 N–H and O–H groups in total. The van der Waals surface area contributed by atoms with Gasteiger partial charge in [-0.2, -0.15) is 0 Å². The molecule has 0 aliphatic carbocycles. The van der Waals surface area contributed by atoms with Crippen molar-refractivity contribution >= 4 is 40.1 Å². The molecule has 0 aliphatic rings. The normalized spacial score (nSPS) is 11.0. The molecule has 0 saturated heterocycles. The van der Waals surface area contributed by atoms with Crippen LogP contribution in [-0.4, -0.2) is 15.6 Å². The number of ether oxygens (including phenoxy) is 1. The number of aromatic nitrogens is 1. The van der Waals surface area contributed by atoms with Crippen LogP contribution in [-0.2, 0) is 13.2 Å². The standard InChI is InChI=1S/C23H16Cl2FNO3/c24-16-6-7-22(30-13-14-4-5-17(25)11-20(14)26)15(10-16)12-27-9-8-18-19(23(28)29)2-1-3-21(18)27/h1-11H,12-13H2,(H,28,29). The predicted octanol–water partition coefficient (Wildman–Crippen LogP) is 6.41. The third kappa shape index (κ3) is 4.13. The molecule has 0 aliphatic heterocycles. The van der Waals surface area contributed by atoms with Gasteiger partial charge in [-0.3, -0.25) is 0 Å². The van der Waals surface area contributed by atoms with Gasteiger partial charge in [-0.1, -0.05) is 35.3 Å². The maximum absolute atomic E-state index is 14.1. The highest BCUT2D eigenvalue weighted by molar-refractivity contribution is 6.30. The topological polar surface area (TPSA) is 51.5 Å². The molecule has 0 amide bonds. The molecule has 0 radical (unpaired) electrons. The summed E-state index contributed by atoms with van der Waals surface area (Å²) in [4.78, 5) is 11.5. The molecule has 4 nitrogen and oxygen atoms in total. The highest BCUT2D eigenvalue weighted by Crippen LogP contribution is 2.28. The molecular formula is C23H16Cl2FNO3. The number of rotatable bonds is 6. The van der Waals surface area contributed by atoms with Crippen LogP contribution in [0.4, 0.5) is 4.39 Å². The van der Waals surface area contributed by atoms with Crippen LogP contribution in [0.15, 0.2) is 66.9 Å². The Morgan fingerprint density at radius 3 is 2.53 bits per heavy atom. The first-order chi connectivity index (χ1) is 14.4. The molecule has 0 unspecified atom stereocenters. The van der Waals surface area contributed by atoms with Crippen molar-refractivity contribution in [3.05, 3.63) is 99.4 Å². The lowest BCUT2D eigenvalue weighted by atomic mass is 10.1. The Kier molecular flexibility index (Phi) is 5.66. The van der Waals surface area contributed by atoms with E-state index in [0.29, 0.717) is 33.3 Å². The second-order valence-electron chi connectivity index (χ2n) is 6.76. The van der Waals surface area contributed by atoms with Gasteiger partial charge in [0.15, 0.2) is 0 Å². The Morgan fingerprint density at radius 2 is 1.77 bits per heavy atom. The number of hydrogen-bond acceptors (Lipinski definition) is 2. The number of hydrogen-bond donors (Lipinski definition) is 1. The fourth-order valence-electron chi connectivity index (χ4n) is 3.34. The number of fused-ring (bicyclic) bond motifs is 1. The number of carboxylic acids is 1. The quantitative estimate of drug-likeness (QED) is 0.374. The van der Waals surface area contributed by atoms with Gasteiger partial charge in [-0.15, -0.1) is 0 Å². The maximum Gasteiger partial charge on any atom is 0.336 e. The fraction of sp³-hybridized carbons (Fsp3) is 0.0870. The maximum atomic E-state index is 14.1. The van der Waals surface area contributed by atoms with Crippen LogP contribution in [0.1, 0.15) is 21.5 Å². The van der Waals surface area contributed by atoms with Gasteiger partial charge < -0.3 is 14.4 Å². The molecule has 0 atom stereocenters. The van der Waals surface area contributed by atoms with Gasteiger partial charge in [0.05, 0.1) is 12.1 Å². The minimum absolute atomic E-state index is 0.0349. The zero-order chi connectivity index (χ0) is 21.3. The molecule has 4 aromatic rings.